The minimum absolute atomic E-state index is 0.184. The molecule has 1 aromatic heterocycles. The van der Waals surface area contributed by atoms with Gasteiger partial charge in [0, 0.05) is 25.2 Å². The number of aromatic amines is 1. The summed E-state index contributed by atoms with van der Waals surface area (Å²) < 4.78 is 5.36. The lowest BCUT2D eigenvalue weighted by Crippen LogP contribution is -2.42. The van der Waals surface area contributed by atoms with Crippen LogP contribution >= 0.6 is 0 Å². The molecule has 10 nitrogen and oxygen atoms in total. The molecule has 4 N–H and O–H groups in total. The summed E-state index contributed by atoms with van der Waals surface area (Å²) in [5.41, 5.74) is 2.58. The Morgan fingerprint density at radius 1 is 1.25 bits per heavy atom. The zero-order valence-corrected chi connectivity index (χ0v) is 21.6. The predicted molar refractivity (Wildman–Crippen MR) is 140 cm³/mol. The van der Waals surface area contributed by atoms with Gasteiger partial charge < -0.3 is 30.2 Å². The quantitative estimate of drug-likeness (QED) is 0.272. The number of anilines is 3. The first kappa shape index (κ1) is 27.3. The van der Waals surface area contributed by atoms with Crippen LogP contribution in [-0.4, -0.2) is 57.6 Å². The number of carbonyl (C=O) groups excluding carboxylic acids is 1. The highest BCUT2D eigenvalue weighted by molar-refractivity contribution is 5.80. The molecule has 3 rings (SSSR count). The molecule has 0 amide bonds. The van der Waals surface area contributed by atoms with E-state index >= 15 is 0 Å². The van der Waals surface area contributed by atoms with Gasteiger partial charge >= 0.3 is 5.97 Å². The lowest BCUT2D eigenvalue weighted by Gasteiger charge is -2.29. The van der Waals surface area contributed by atoms with Crippen molar-refractivity contribution in [3.63, 3.8) is 0 Å². The Morgan fingerprint density at radius 2 is 1.97 bits per heavy atom. The predicted octanol–water partition coefficient (Wildman–Crippen LogP) is 1.95. The highest BCUT2D eigenvalue weighted by atomic mass is 16.6. The lowest BCUT2D eigenvalue weighted by atomic mass is 10.1. The maximum atomic E-state index is 12.6. The molecule has 0 saturated carbocycles. The summed E-state index contributed by atoms with van der Waals surface area (Å²) in [5, 5.41) is 22.3. The third-order valence-corrected chi connectivity index (χ3v) is 5.70. The van der Waals surface area contributed by atoms with Crippen molar-refractivity contribution < 1.29 is 19.7 Å². The molecule has 1 aromatic carbocycles. The van der Waals surface area contributed by atoms with Crippen LogP contribution in [0, 0.1) is 6.92 Å². The van der Waals surface area contributed by atoms with Crippen LogP contribution in [0.5, 0.6) is 0 Å². The van der Waals surface area contributed by atoms with Crippen LogP contribution in [0.15, 0.2) is 21.9 Å². The fourth-order valence-electron chi connectivity index (χ4n) is 4.01. The molecule has 0 spiro atoms. The fourth-order valence-corrected chi connectivity index (χ4v) is 4.01. The van der Waals surface area contributed by atoms with Gasteiger partial charge in [-0.05, 0) is 58.2 Å². The molecule has 10 heteroatoms. The number of aliphatic hydroxyl groups excluding tert-OH is 2. The first-order valence-electron chi connectivity index (χ1n) is 12.3. The van der Waals surface area contributed by atoms with Gasteiger partial charge in [-0.25, -0.2) is 9.98 Å². The van der Waals surface area contributed by atoms with Crippen molar-refractivity contribution in [1.29, 1.82) is 0 Å². The van der Waals surface area contributed by atoms with Gasteiger partial charge in [0.25, 0.3) is 5.56 Å². The summed E-state index contributed by atoms with van der Waals surface area (Å²) in [6.45, 7) is 11.7. The van der Waals surface area contributed by atoms with E-state index < -0.39 is 11.7 Å². The van der Waals surface area contributed by atoms with Crippen molar-refractivity contribution in [3.8, 4) is 0 Å². The summed E-state index contributed by atoms with van der Waals surface area (Å²) >= 11 is 0. The largest absolute Gasteiger partial charge is 0.460 e. The van der Waals surface area contributed by atoms with E-state index in [1.54, 1.807) is 0 Å². The molecule has 1 unspecified atom stereocenters. The zero-order chi connectivity index (χ0) is 26.5. The fraction of sp³-hybridized carbons (Fsp3) is 0.538. The molecule has 0 radical (unpaired) electrons. The summed E-state index contributed by atoms with van der Waals surface area (Å²) in [6.07, 6.45) is 2.84. The second kappa shape index (κ2) is 11.7. The average molecular weight is 500 g/mol. The number of benzene rings is 1. The van der Waals surface area contributed by atoms with E-state index in [0.717, 1.165) is 42.6 Å². The number of ether oxygens (including phenoxy) is 1. The highest BCUT2D eigenvalue weighted by Gasteiger charge is 2.24. The van der Waals surface area contributed by atoms with Gasteiger partial charge in [-0.15, -0.1) is 0 Å². The number of aryl methyl sites for hydroxylation is 1. The summed E-state index contributed by atoms with van der Waals surface area (Å²) in [4.78, 5) is 38.2. The van der Waals surface area contributed by atoms with Gasteiger partial charge in [-0.3, -0.25) is 9.59 Å². The Bertz CT molecular complexity index is 1250. The normalized spacial score (nSPS) is 13.4. The SMILES string of the molecule is C=c1nc2c(c(=O)[nH]1)=Nc1cc(C)c(NCC(O)CO)cc1N2CCCCCCC(=O)OC(C)(C)C. The molecule has 196 valence electrons. The van der Waals surface area contributed by atoms with Crippen molar-refractivity contribution in [3.05, 3.63) is 38.9 Å². The van der Waals surface area contributed by atoms with Crippen LogP contribution in [0.1, 0.15) is 58.4 Å². The molecule has 36 heavy (non-hydrogen) atoms. The maximum Gasteiger partial charge on any atom is 0.306 e. The van der Waals surface area contributed by atoms with Crippen molar-refractivity contribution in [1.82, 2.24) is 9.97 Å². The van der Waals surface area contributed by atoms with Gasteiger partial charge in [0.2, 0.25) is 0 Å². The molecule has 1 aliphatic heterocycles. The second-order valence-corrected chi connectivity index (χ2v) is 10.1. The first-order chi connectivity index (χ1) is 17.0. The number of hydrogen-bond donors (Lipinski definition) is 4. The molecular formula is C26H37N5O5. The van der Waals surface area contributed by atoms with E-state index in [-0.39, 0.29) is 35.5 Å². The number of hydrogen-bond acceptors (Lipinski definition) is 9. The topological polar surface area (TPSA) is 140 Å². The highest BCUT2D eigenvalue weighted by Crippen LogP contribution is 2.38. The molecule has 0 fully saturated rings. The smallest absolute Gasteiger partial charge is 0.306 e. The van der Waals surface area contributed by atoms with Gasteiger partial charge in [-0.1, -0.05) is 19.4 Å². The number of H-pyrrole nitrogens is 1. The number of rotatable bonds is 11. The number of unbranched alkanes of at least 4 members (excludes halogenated alkanes) is 3. The molecule has 2 aromatic rings. The monoisotopic (exact) mass is 499 g/mol. The number of esters is 1. The number of aromatic nitrogens is 2. The van der Waals surface area contributed by atoms with Crippen molar-refractivity contribution in [2.24, 2.45) is 4.99 Å². The number of fused-ring (bicyclic) bond motifs is 2. The zero-order valence-electron chi connectivity index (χ0n) is 21.6. The van der Waals surface area contributed by atoms with E-state index in [9.17, 15) is 14.7 Å². The third-order valence-electron chi connectivity index (χ3n) is 5.70. The Kier molecular flexibility index (Phi) is 8.86. The average Bonchev–Trinajstić information content (AvgIpc) is 2.78. The van der Waals surface area contributed by atoms with Crippen LogP contribution in [0.25, 0.3) is 6.58 Å². The molecule has 1 atom stereocenters. The van der Waals surface area contributed by atoms with Crippen molar-refractivity contribution in [2.75, 3.05) is 29.9 Å². The van der Waals surface area contributed by atoms with Crippen LogP contribution in [0.2, 0.25) is 0 Å². The van der Waals surface area contributed by atoms with Crippen LogP contribution < -0.4 is 26.6 Å². The number of carbonyl (C=O) groups is 1. The maximum absolute atomic E-state index is 12.6. The Balaban J connectivity index is 1.76. The molecular weight excluding hydrogens is 462 g/mol. The van der Waals surface area contributed by atoms with Crippen molar-refractivity contribution >= 4 is 35.4 Å². The lowest BCUT2D eigenvalue weighted by molar-refractivity contribution is -0.154. The number of aliphatic hydroxyl groups is 2. The minimum atomic E-state index is -0.878. The van der Waals surface area contributed by atoms with E-state index in [2.05, 4.69) is 26.9 Å². The van der Waals surface area contributed by atoms with Gasteiger partial charge in [0.1, 0.15) is 11.1 Å². The van der Waals surface area contributed by atoms with Crippen LogP contribution in [0.4, 0.5) is 22.9 Å². The van der Waals surface area contributed by atoms with Crippen molar-refractivity contribution in [2.45, 2.75) is 71.5 Å². The standard InChI is InChI=1S/C26H37N5O5/c1-16-12-20-21(13-19(16)27-14-18(33)15-32)31(24-23(30-20)25(35)29-17(2)28-24)11-9-7-6-8-10-22(34)36-26(3,4)5/h12-13,18,27,32-33H,2,6-11,14-15H2,1,3-5H3,(H,29,35). The molecule has 0 bridgehead atoms. The second-order valence-electron chi connectivity index (χ2n) is 10.1. The Hall–Kier alpha value is -3.24. The molecule has 0 saturated heterocycles. The Morgan fingerprint density at radius 3 is 2.67 bits per heavy atom. The van der Waals surface area contributed by atoms with E-state index in [1.807, 2.05) is 44.7 Å². The van der Waals surface area contributed by atoms with Crippen LogP contribution in [0.3, 0.4) is 0 Å². The number of nitrogens with zero attached hydrogens (tertiary/aromatic N) is 3. The summed E-state index contributed by atoms with van der Waals surface area (Å²) in [6, 6.07) is 3.81. The molecule has 2 heterocycles. The van der Waals surface area contributed by atoms with E-state index in [4.69, 9.17) is 9.84 Å². The number of nitrogens with one attached hydrogen (secondary N) is 2. The van der Waals surface area contributed by atoms with Crippen LogP contribution in [-0.2, 0) is 9.53 Å². The Labute approximate surface area is 210 Å². The van der Waals surface area contributed by atoms with Gasteiger partial charge in [-0.2, -0.15) is 0 Å². The minimum Gasteiger partial charge on any atom is -0.460 e. The summed E-state index contributed by atoms with van der Waals surface area (Å²) in [5.74, 6) is 0.270. The molecule has 1 aliphatic rings. The third kappa shape index (κ3) is 7.14. The first-order valence-corrected chi connectivity index (χ1v) is 12.3. The van der Waals surface area contributed by atoms with E-state index in [0.29, 0.717) is 24.5 Å². The van der Waals surface area contributed by atoms with Gasteiger partial charge in [0.05, 0.1) is 24.1 Å². The van der Waals surface area contributed by atoms with E-state index in [1.165, 1.54) is 0 Å². The van der Waals surface area contributed by atoms with Gasteiger partial charge in [0.15, 0.2) is 11.2 Å². The molecule has 0 aliphatic carbocycles. The summed E-state index contributed by atoms with van der Waals surface area (Å²) in [7, 11) is 0.